The van der Waals surface area contributed by atoms with Crippen molar-refractivity contribution in [1.82, 2.24) is 0 Å². The summed E-state index contributed by atoms with van der Waals surface area (Å²) in [6.07, 6.45) is 4.07. The van der Waals surface area contributed by atoms with Crippen LogP contribution in [0.5, 0.6) is 0 Å². The molecule has 0 unspecified atom stereocenters. The molecule has 0 bridgehead atoms. The number of halogens is 1. The molecule has 15 heavy (non-hydrogen) atoms. The van der Waals surface area contributed by atoms with Crippen LogP contribution in [0.25, 0.3) is 0 Å². The molecule has 0 nitrogen and oxygen atoms in total. The maximum atomic E-state index is 13.4. The molecule has 0 saturated heterocycles. The summed E-state index contributed by atoms with van der Waals surface area (Å²) >= 11 is 0. The van der Waals surface area contributed by atoms with Gasteiger partial charge in [-0.2, -0.15) is 0 Å². The fourth-order valence-electron chi connectivity index (χ4n) is 1.32. The van der Waals surface area contributed by atoms with Crippen LogP contribution < -0.4 is 0 Å². The maximum absolute atomic E-state index is 13.4. The van der Waals surface area contributed by atoms with Crippen LogP contribution in [0.2, 0.25) is 0 Å². The van der Waals surface area contributed by atoms with Gasteiger partial charge in [-0.25, -0.2) is 4.39 Å². The number of hydrogen-bond acceptors (Lipinski definition) is 0. The molecular weight excluding hydrogens is 187 g/mol. The Hall–Kier alpha value is -0.850. The van der Waals surface area contributed by atoms with Crippen molar-refractivity contribution in [2.24, 2.45) is 11.8 Å². The highest BCUT2D eigenvalue weighted by molar-refractivity contribution is 5.27. The second-order valence-electron chi connectivity index (χ2n) is 4.85. The van der Waals surface area contributed by atoms with E-state index in [0.717, 1.165) is 17.6 Å². The van der Waals surface area contributed by atoms with Crippen molar-refractivity contribution in [3.05, 3.63) is 35.7 Å². The van der Waals surface area contributed by atoms with Crippen LogP contribution in [0.15, 0.2) is 35.7 Å². The van der Waals surface area contributed by atoms with E-state index in [1.54, 1.807) is 6.08 Å². The van der Waals surface area contributed by atoms with Gasteiger partial charge in [0.05, 0.1) is 0 Å². The minimum atomic E-state index is -0.188. The lowest BCUT2D eigenvalue weighted by molar-refractivity contribution is 0.629. The fourth-order valence-corrected chi connectivity index (χ4v) is 1.32. The Morgan fingerprint density at radius 2 is 1.73 bits per heavy atom. The van der Waals surface area contributed by atoms with Crippen LogP contribution in [0.1, 0.15) is 41.0 Å². The van der Waals surface area contributed by atoms with Gasteiger partial charge < -0.3 is 0 Å². The second-order valence-corrected chi connectivity index (χ2v) is 4.85. The zero-order valence-electron chi connectivity index (χ0n) is 10.6. The van der Waals surface area contributed by atoms with E-state index in [9.17, 15) is 4.39 Å². The van der Waals surface area contributed by atoms with Crippen LogP contribution >= 0.6 is 0 Å². The van der Waals surface area contributed by atoms with Gasteiger partial charge in [-0.05, 0) is 42.9 Å². The van der Waals surface area contributed by atoms with Gasteiger partial charge in [0, 0.05) is 0 Å². The SMILES string of the molecule is C=C(/C=C(F)\C=C(\C)CC(C)C)C(C)C. The standard InChI is InChI=1S/C14H23F/c1-10(2)7-12(5)8-14(15)9-13(6)11(3)4/h8-11H,6-7H2,1-5H3/b12-8-,14-9+. The average molecular weight is 210 g/mol. The third-order valence-corrected chi connectivity index (χ3v) is 2.18. The quantitative estimate of drug-likeness (QED) is 0.557. The summed E-state index contributed by atoms with van der Waals surface area (Å²) in [4.78, 5) is 0. The van der Waals surface area contributed by atoms with Crippen molar-refractivity contribution in [3.8, 4) is 0 Å². The van der Waals surface area contributed by atoms with E-state index in [-0.39, 0.29) is 5.83 Å². The van der Waals surface area contributed by atoms with E-state index in [2.05, 4.69) is 20.4 Å². The predicted molar refractivity (Wildman–Crippen MR) is 66.4 cm³/mol. The molecule has 0 radical (unpaired) electrons. The van der Waals surface area contributed by atoms with Crippen LogP contribution in [-0.2, 0) is 0 Å². The normalized spacial score (nSPS) is 13.9. The smallest absolute Gasteiger partial charge is 0.123 e. The van der Waals surface area contributed by atoms with Crippen LogP contribution in [0.4, 0.5) is 4.39 Å². The van der Waals surface area contributed by atoms with Crippen LogP contribution in [0.3, 0.4) is 0 Å². The molecule has 0 aromatic carbocycles. The lowest BCUT2D eigenvalue weighted by Crippen LogP contribution is -1.90. The highest BCUT2D eigenvalue weighted by Gasteiger charge is 2.00. The largest absolute Gasteiger partial charge is 0.207 e. The molecule has 0 saturated carbocycles. The molecule has 1 heteroatoms. The van der Waals surface area contributed by atoms with Gasteiger partial charge in [-0.15, -0.1) is 0 Å². The van der Waals surface area contributed by atoms with Gasteiger partial charge in [-0.1, -0.05) is 39.8 Å². The van der Waals surface area contributed by atoms with Crippen molar-refractivity contribution < 1.29 is 4.39 Å². The molecular formula is C14H23F. The van der Waals surface area contributed by atoms with Crippen molar-refractivity contribution >= 4 is 0 Å². The Bertz CT molecular complexity index is 267. The molecule has 0 aliphatic heterocycles. The minimum Gasteiger partial charge on any atom is -0.207 e. The molecule has 0 atom stereocenters. The summed E-state index contributed by atoms with van der Waals surface area (Å²) < 4.78 is 13.4. The maximum Gasteiger partial charge on any atom is 0.123 e. The first kappa shape index (κ1) is 14.2. The third kappa shape index (κ3) is 7.12. The number of rotatable bonds is 5. The Kier molecular flexibility index (Phi) is 6.23. The molecule has 0 fully saturated rings. The summed E-state index contributed by atoms with van der Waals surface area (Å²) in [5.41, 5.74) is 1.91. The highest BCUT2D eigenvalue weighted by Crippen LogP contribution is 2.16. The molecule has 0 aliphatic carbocycles. The van der Waals surface area contributed by atoms with Gasteiger partial charge in [0.2, 0.25) is 0 Å². The van der Waals surface area contributed by atoms with E-state index < -0.39 is 0 Å². The molecule has 0 aliphatic rings. The monoisotopic (exact) mass is 210 g/mol. The highest BCUT2D eigenvalue weighted by atomic mass is 19.1. The fraction of sp³-hybridized carbons (Fsp3) is 0.571. The van der Waals surface area contributed by atoms with Crippen molar-refractivity contribution in [1.29, 1.82) is 0 Å². The van der Waals surface area contributed by atoms with Gasteiger partial charge in [0.25, 0.3) is 0 Å². The first-order valence-electron chi connectivity index (χ1n) is 5.56. The summed E-state index contributed by atoms with van der Waals surface area (Å²) in [7, 11) is 0. The summed E-state index contributed by atoms with van der Waals surface area (Å²) in [5.74, 6) is 0.684. The van der Waals surface area contributed by atoms with Crippen molar-refractivity contribution in [2.45, 2.75) is 41.0 Å². The van der Waals surface area contributed by atoms with E-state index in [1.807, 2.05) is 20.8 Å². The number of allylic oxidation sites excluding steroid dienone is 5. The number of hydrogen-bond donors (Lipinski definition) is 0. The lowest BCUT2D eigenvalue weighted by atomic mass is 10.0. The molecule has 0 amide bonds. The molecule has 86 valence electrons. The first-order chi connectivity index (χ1) is 6.82. The Balaban J connectivity index is 4.45. The van der Waals surface area contributed by atoms with Gasteiger partial charge in [0.15, 0.2) is 0 Å². The predicted octanol–water partition coefficient (Wildman–Crippen LogP) is 5.04. The zero-order valence-corrected chi connectivity index (χ0v) is 10.6. The zero-order chi connectivity index (χ0) is 12.0. The van der Waals surface area contributed by atoms with Crippen molar-refractivity contribution in [3.63, 3.8) is 0 Å². The average Bonchev–Trinajstić information content (AvgIpc) is 2.00. The minimum absolute atomic E-state index is 0.188. The van der Waals surface area contributed by atoms with E-state index in [0.29, 0.717) is 11.8 Å². The molecule has 0 N–H and O–H groups in total. The lowest BCUT2D eigenvalue weighted by Gasteiger charge is -2.05. The van der Waals surface area contributed by atoms with E-state index in [4.69, 9.17) is 0 Å². The summed E-state index contributed by atoms with van der Waals surface area (Å²) in [6, 6.07) is 0. The molecule has 0 aromatic heterocycles. The molecule has 0 aromatic rings. The second kappa shape index (κ2) is 6.60. The summed E-state index contributed by atoms with van der Waals surface area (Å²) in [6.45, 7) is 14.1. The topological polar surface area (TPSA) is 0 Å². The van der Waals surface area contributed by atoms with Crippen molar-refractivity contribution in [2.75, 3.05) is 0 Å². The van der Waals surface area contributed by atoms with Crippen LogP contribution in [0, 0.1) is 11.8 Å². The molecule has 0 rings (SSSR count). The van der Waals surface area contributed by atoms with Gasteiger partial charge in [-0.3, -0.25) is 0 Å². The van der Waals surface area contributed by atoms with Crippen LogP contribution in [-0.4, -0.2) is 0 Å². The third-order valence-electron chi connectivity index (χ3n) is 2.18. The molecule has 0 heterocycles. The Labute approximate surface area is 93.6 Å². The van der Waals surface area contributed by atoms with Gasteiger partial charge >= 0.3 is 0 Å². The summed E-state index contributed by atoms with van der Waals surface area (Å²) in [5, 5.41) is 0. The Morgan fingerprint density at radius 3 is 2.13 bits per heavy atom. The van der Waals surface area contributed by atoms with Gasteiger partial charge in [0.1, 0.15) is 5.83 Å². The molecule has 0 spiro atoms. The van der Waals surface area contributed by atoms with E-state index in [1.165, 1.54) is 6.08 Å². The van der Waals surface area contributed by atoms with E-state index >= 15 is 0 Å². The first-order valence-corrected chi connectivity index (χ1v) is 5.56. The Morgan fingerprint density at radius 1 is 1.20 bits per heavy atom.